The molecule has 0 aromatic heterocycles. The SMILES string of the molecule is O=C(CCN1C(=O)COc2ccccc21)NC1CS(=O)(=O)CC1N1CCCCC1. The first-order valence-electron chi connectivity index (χ1n) is 10.2. The minimum absolute atomic E-state index is 0.0147. The summed E-state index contributed by atoms with van der Waals surface area (Å²) >= 11 is 0. The van der Waals surface area contributed by atoms with Gasteiger partial charge >= 0.3 is 0 Å². The number of anilines is 1. The average molecular weight is 422 g/mol. The summed E-state index contributed by atoms with van der Waals surface area (Å²) in [5.41, 5.74) is 0.659. The number of piperidine rings is 1. The van der Waals surface area contributed by atoms with Crippen molar-refractivity contribution < 1.29 is 22.7 Å². The fraction of sp³-hybridized carbons (Fsp3) is 0.600. The van der Waals surface area contributed by atoms with E-state index in [-0.39, 0.29) is 48.9 Å². The van der Waals surface area contributed by atoms with Gasteiger partial charge in [-0.05, 0) is 38.1 Å². The van der Waals surface area contributed by atoms with Gasteiger partial charge in [0.1, 0.15) is 5.75 Å². The molecule has 3 heterocycles. The van der Waals surface area contributed by atoms with Gasteiger partial charge in [0.15, 0.2) is 16.4 Å². The third-order valence-corrected chi connectivity index (χ3v) is 7.62. The van der Waals surface area contributed by atoms with Crippen LogP contribution in [-0.4, -0.2) is 75.0 Å². The minimum Gasteiger partial charge on any atom is -0.482 e. The van der Waals surface area contributed by atoms with Crippen LogP contribution >= 0.6 is 0 Å². The monoisotopic (exact) mass is 421 g/mol. The molecule has 0 aliphatic carbocycles. The molecule has 0 saturated carbocycles. The Bertz CT molecular complexity index is 882. The Morgan fingerprint density at radius 3 is 2.69 bits per heavy atom. The Hall–Kier alpha value is -2.13. The second kappa shape index (κ2) is 8.31. The van der Waals surface area contributed by atoms with E-state index in [0.717, 1.165) is 25.9 Å². The van der Waals surface area contributed by atoms with Gasteiger partial charge in [0, 0.05) is 19.0 Å². The smallest absolute Gasteiger partial charge is 0.265 e. The largest absolute Gasteiger partial charge is 0.482 e. The van der Waals surface area contributed by atoms with Crippen molar-refractivity contribution in [2.24, 2.45) is 0 Å². The Balaban J connectivity index is 1.38. The number of sulfone groups is 1. The van der Waals surface area contributed by atoms with Crippen molar-refractivity contribution in [3.05, 3.63) is 24.3 Å². The molecule has 2 saturated heterocycles. The first-order valence-corrected chi connectivity index (χ1v) is 12.0. The van der Waals surface area contributed by atoms with E-state index in [1.54, 1.807) is 17.0 Å². The van der Waals surface area contributed by atoms with Gasteiger partial charge in [0.05, 0.1) is 23.2 Å². The summed E-state index contributed by atoms with van der Waals surface area (Å²) in [6.45, 7) is 1.95. The van der Waals surface area contributed by atoms with E-state index in [9.17, 15) is 18.0 Å². The highest BCUT2D eigenvalue weighted by Gasteiger charge is 2.42. The standard InChI is InChI=1S/C20H27N3O5S/c24-19(8-11-23-16-6-2-3-7-18(16)28-12-20(23)25)21-15-13-29(26,27)14-17(15)22-9-4-1-5-10-22/h2-3,6-7,15,17H,1,4-5,8-14H2,(H,21,24). The number of likely N-dealkylation sites (tertiary alicyclic amines) is 1. The van der Waals surface area contributed by atoms with E-state index in [4.69, 9.17) is 4.74 Å². The zero-order valence-corrected chi connectivity index (χ0v) is 17.2. The zero-order valence-electron chi connectivity index (χ0n) is 16.4. The first kappa shape index (κ1) is 20.2. The molecule has 3 aliphatic rings. The molecule has 0 bridgehead atoms. The highest BCUT2D eigenvalue weighted by atomic mass is 32.2. The summed E-state index contributed by atoms with van der Waals surface area (Å²) in [5, 5.41) is 2.93. The van der Waals surface area contributed by atoms with Crippen molar-refractivity contribution in [3.8, 4) is 5.75 Å². The Labute approximate surface area is 171 Å². The number of ether oxygens (including phenoxy) is 1. The fourth-order valence-corrected chi connectivity index (χ4v) is 6.42. The predicted octanol–water partition coefficient (Wildman–Crippen LogP) is 0.570. The van der Waals surface area contributed by atoms with Crippen LogP contribution in [0.3, 0.4) is 0 Å². The third-order valence-electron chi connectivity index (χ3n) is 5.90. The summed E-state index contributed by atoms with van der Waals surface area (Å²) in [5.74, 6) is 0.295. The lowest BCUT2D eigenvalue weighted by molar-refractivity contribution is -0.122. The lowest BCUT2D eigenvalue weighted by Crippen LogP contribution is -2.52. The molecular weight excluding hydrogens is 394 g/mol. The van der Waals surface area contributed by atoms with Crippen molar-refractivity contribution in [3.63, 3.8) is 0 Å². The van der Waals surface area contributed by atoms with E-state index < -0.39 is 15.9 Å². The molecule has 3 aliphatic heterocycles. The van der Waals surface area contributed by atoms with Gasteiger partial charge in [0.2, 0.25) is 5.91 Å². The molecule has 0 radical (unpaired) electrons. The molecule has 0 spiro atoms. The molecule has 4 rings (SSSR count). The van der Waals surface area contributed by atoms with Crippen molar-refractivity contribution in [1.82, 2.24) is 10.2 Å². The highest BCUT2D eigenvalue weighted by molar-refractivity contribution is 7.91. The normalized spacial score (nSPS) is 26.6. The van der Waals surface area contributed by atoms with Gasteiger partial charge in [-0.2, -0.15) is 0 Å². The summed E-state index contributed by atoms with van der Waals surface area (Å²) in [4.78, 5) is 28.6. The Morgan fingerprint density at radius 1 is 1.14 bits per heavy atom. The number of nitrogens with one attached hydrogen (secondary N) is 1. The molecule has 2 fully saturated rings. The molecule has 29 heavy (non-hydrogen) atoms. The second-order valence-electron chi connectivity index (χ2n) is 7.97. The number of nitrogens with zero attached hydrogens (tertiary/aromatic N) is 2. The van der Waals surface area contributed by atoms with E-state index >= 15 is 0 Å². The lowest BCUT2D eigenvalue weighted by Gasteiger charge is -2.35. The minimum atomic E-state index is -3.16. The summed E-state index contributed by atoms with van der Waals surface area (Å²) in [6.07, 6.45) is 3.41. The van der Waals surface area contributed by atoms with Crippen LogP contribution in [0.4, 0.5) is 5.69 Å². The van der Waals surface area contributed by atoms with Gasteiger partial charge in [-0.1, -0.05) is 18.6 Å². The predicted molar refractivity (Wildman–Crippen MR) is 109 cm³/mol. The van der Waals surface area contributed by atoms with Crippen molar-refractivity contribution in [1.29, 1.82) is 0 Å². The van der Waals surface area contributed by atoms with Gasteiger partial charge in [-0.25, -0.2) is 8.42 Å². The quantitative estimate of drug-likeness (QED) is 0.747. The molecule has 2 atom stereocenters. The number of hydrogen-bond acceptors (Lipinski definition) is 6. The molecule has 1 N–H and O–H groups in total. The second-order valence-corrected chi connectivity index (χ2v) is 10.1. The van der Waals surface area contributed by atoms with Crippen LogP contribution in [0, 0.1) is 0 Å². The maximum absolute atomic E-state index is 12.6. The van der Waals surface area contributed by atoms with Gasteiger partial charge in [-0.15, -0.1) is 0 Å². The van der Waals surface area contributed by atoms with E-state index in [0.29, 0.717) is 11.4 Å². The number of hydrogen-bond donors (Lipinski definition) is 1. The molecule has 9 heteroatoms. The van der Waals surface area contributed by atoms with E-state index in [1.807, 2.05) is 12.1 Å². The Kier molecular flexibility index (Phi) is 5.78. The Morgan fingerprint density at radius 2 is 1.90 bits per heavy atom. The summed E-state index contributed by atoms with van der Waals surface area (Å²) in [7, 11) is -3.16. The maximum atomic E-state index is 12.6. The van der Waals surface area contributed by atoms with Gasteiger partial charge in [0.25, 0.3) is 5.91 Å². The fourth-order valence-electron chi connectivity index (χ4n) is 4.47. The number of carbonyl (C=O) groups is 2. The molecule has 1 aromatic carbocycles. The number of rotatable bonds is 5. The van der Waals surface area contributed by atoms with E-state index in [1.165, 1.54) is 6.42 Å². The maximum Gasteiger partial charge on any atom is 0.265 e. The van der Waals surface area contributed by atoms with Crippen molar-refractivity contribution >= 4 is 27.3 Å². The zero-order chi connectivity index (χ0) is 20.4. The van der Waals surface area contributed by atoms with Gasteiger partial charge in [-0.3, -0.25) is 14.5 Å². The van der Waals surface area contributed by atoms with Crippen LogP contribution < -0.4 is 15.0 Å². The van der Waals surface area contributed by atoms with E-state index in [2.05, 4.69) is 10.2 Å². The lowest BCUT2D eigenvalue weighted by atomic mass is 10.0. The van der Waals surface area contributed by atoms with Crippen LogP contribution in [0.15, 0.2) is 24.3 Å². The van der Waals surface area contributed by atoms with Crippen molar-refractivity contribution in [2.75, 3.05) is 42.6 Å². The third kappa shape index (κ3) is 4.56. The molecule has 8 nitrogen and oxygen atoms in total. The molecule has 1 aromatic rings. The summed E-state index contributed by atoms with van der Waals surface area (Å²) in [6, 6.07) is 6.69. The topological polar surface area (TPSA) is 96.0 Å². The highest BCUT2D eigenvalue weighted by Crippen LogP contribution is 2.31. The van der Waals surface area contributed by atoms with Crippen LogP contribution in [0.25, 0.3) is 0 Å². The summed E-state index contributed by atoms with van der Waals surface area (Å²) < 4.78 is 29.9. The molecular formula is C20H27N3O5S. The average Bonchev–Trinajstić information content (AvgIpc) is 3.02. The van der Waals surface area contributed by atoms with Gasteiger partial charge < -0.3 is 15.0 Å². The number of fused-ring (bicyclic) bond motifs is 1. The first-order chi connectivity index (χ1) is 13.9. The van der Waals surface area contributed by atoms with Crippen LogP contribution in [0.5, 0.6) is 5.75 Å². The number of para-hydroxylation sites is 2. The van der Waals surface area contributed by atoms with Crippen LogP contribution in [-0.2, 0) is 19.4 Å². The number of amides is 2. The van der Waals surface area contributed by atoms with Crippen LogP contribution in [0.2, 0.25) is 0 Å². The molecule has 2 unspecified atom stereocenters. The number of benzene rings is 1. The molecule has 2 amide bonds. The van der Waals surface area contributed by atoms with Crippen molar-refractivity contribution in [2.45, 2.75) is 37.8 Å². The number of carbonyl (C=O) groups excluding carboxylic acids is 2. The molecule has 158 valence electrons. The van der Waals surface area contributed by atoms with Crippen LogP contribution in [0.1, 0.15) is 25.7 Å².